The molecule has 7 nitrogen and oxygen atoms in total. The Hall–Kier alpha value is -4.52. The molecule has 0 saturated heterocycles. The lowest BCUT2D eigenvalue weighted by Gasteiger charge is -2.19. The molecule has 35 heavy (non-hydrogen) atoms. The molecule has 0 fully saturated rings. The van der Waals surface area contributed by atoms with Crippen molar-refractivity contribution in [1.29, 1.82) is 0 Å². The molecule has 0 aliphatic rings. The highest BCUT2D eigenvalue weighted by Gasteiger charge is 2.28. The SMILES string of the molecule is Cc1cc(C)cc(NC(=O)C(OC(=O)c2nn(-c3ccccc3)c(C)cc2=O)c2ccccc2)c1. The summed E-state index contributed by atoms with van der Waals surface area (Å²) in [5.74, 6) is -1.52. The van der Waals surface area contributed by atoms with Crippen molar-refractivity contribution in [2.24, 2.45) is 0 Å². The molecule has 4 aromatic rings. The van der Waals surface area contributed by atoms with Crippen molar-refractivity contribution in [2.75, 3.05) is 5.32 Å². The molecular formula is C28H25N3O4. The zero-order valence-electron chi connectivity index (χ0n) is 19.7. The van der Waals surface area contributed by atoms with E-state index in [1.807, 2.05) is 62.4 Å². The maximum atomic E-state index is 13.2. The van der Waals surface area contributed by atoms with Crippen LogP contribution in [0.1, 0.15) is 39.0 Å². The van der Waals surface area contributed by atoms with E-state index >= 15 is 0 Å². The molecule has 0 aliphatic heterocycles. The van der Waals surface area contributed by atoms with E-state index in [4.69, 9.17) is 4.74 Å². The Balaban J connectivity index is 1.67. The van der Waals surface area contributed by atoms with Gasteiger partial charge < -0.3 is 10.1 Å². The van der Waals surface area contributed by atoms with Crippen molar-refractivity contribution in [1.82, 2.24) is 9.78 Å². The summed E-state index contributed by atoms with van der Waals surface area (Å²) < 4.78 is 7.09. The predicted molar refractivity (Wildman–Crippen MR) is 134 cm³/mol. The van der Waals surface area contributed by atoms with Crippen molar-refractivity contribution in [3.05, 3.63) is 123 Å². The van der Waals surface area contributed by atoms with E-state index < -0.39 is 29.1 Å². The third-order valence-corrected chi connectivity index (χ3v) is 5.36. The largest absolute Gasteiger partial charge is 0.442 e. The van der Waals surface area contributed by atoms with Gasteiger partial charge >= 0.3 is 5.97 Å². The molecule has 1 atom stereocenters. The fraction of sp³-hybridized carbons (Fsp3) is 0.143. The lowest BCUT2D eigenvalue weighted by atomic mass is 10.1. The van der Waals surface area contributed by atoms with Crippen LogP contribution < -0.4 is 10.7 Å². The number of rotatable bonds is 6. The molecule has 0 bridgehead atoms. The number of esters is 1. The number of benzene rings is 3. The van der Waals surface area contributed by atoms with Gasteiger partial charge in [0, 0.05) is 23.0 Å². The van der Waals surface area contributed by atoms with Gasteiger partial charge in [0.15, 0.2) is 0 Å². The van der Waals surface area contributed by atoms with E-state index in [1.54, 1.807) is 37.3 Å². The zero-order valence-corrected chi connectivity index (χ0v) is 19.7. The van der Waals surface area contributed by atoms with Crippen LogP contribution in [0, 0.1) is 20.8 Å². The van der Waals surface area contributed by atoms with Crippen molar-refractivity contribution < 1.29 is 14.3 Å². The summed E-state index contributed by atoms with van der Waals surface area (Å²) in [5.41, 5.74) is 3.29. The lowest BCUT2D eigenvalue weighted by molar-refractivity contribution is -0.125. The van der Waals surface area contributed by atoms with E-state index in [1.165, 1.54) is 10.7 Å². The van der Waals surface area contributed by atoms with Crippen LogP contribution in [-0.2, 0) is 9.53 Å². The minimum Gasteiger partial charge on any atom is -0.442 e. The molecular weight excluding hydrogens is 442 g/mol. The van der Waals surface area contributed by atoms with E-state index in [0.29, 0.717) is 22.6 Å². The average molecular weight is 468 g/mol. The summed E-state index contributed by atoms with van der Waals surface area (Å²) in [7, 11) is 0. The van der Waals surface area contributed by atoms with Gasteiger partial charge in [-0.1, -0.05) is 54.6 Å². The van der Waals surface area contributed by atoms with Gasteiger partial charge in [-0.3, -0.25) is 9.59 Å². The fourth-order valence-electron chi connectivity index (χ4n) is 3.84. The molecule has 4 rings (SSSR count). The van der Waals surface area contributed by atoms with E-state index in [2.05, 4.69) is 10.4 Å². The van der Waals surface area contributed by atoms with Crippen LogP contribution in [0.5, 0.6) is 0 Å². The van der Waals surface area contributed by atoms with Crippen LogP contribution in [0.2, 0.25) is 0 Å². The van der Waals surface area contributed by atoms with Gasteiger partial charge in [0.25, 0.3) is 5.91 Å². The topological polar surface area (TPSA) is 90.3 Å². The number of carbonyl (C=O) groups is 2. The minimum atomic E-state index is -1.28. The fourth-order valence-corrected chi connectivity index (χ4v) is 3.84. The minimum absolute atomic E-state index is 0.403. The summed E-state index contributed by atoms with van der Waals surface area (Å²) in [6.07, 6.45) is -1.28. The first-order valence-electron chi connectivity index (χ1n) is 11.1. The van der Waals surface area contributed by atoms with Gasteiger partial charge in [-0.2, -0.15) is 5.10 Å². The van der Waals surface area contributed by atoms with Crippen LogP contribution in [-0.4, -0.2) is 21.7 Å². The molecule has 0 saturated carbocycles. The van der Waals surface area contributed by atoms with E-state index in [-0.39, 0.29) is 0 Å². The number of nitrogens with zero attached hydrogens (tertiary/aromatic N) is 2. The first-order valence-corrected chi connectivity index (χ1v) is 11.1. The number of hydrogen-bond acceptors (Lipinski definition) is 5. The Labute approximate surface area is 203 Å². The lowest BCUT2D eigenvalue weighted by Crippen LogP contribution is -2.30. The Morgan fingerprint density at radius 2 is 1.46 bits per heavy atom. The third kappa shape index (κ3) is 5.52. The highest BCUT2D eigenvalue weighted by molar-refractivity contribution is 5.97. The molecule has 0 radical (unpaired) electrons. The molecule has 0 spiro atoms. The molecule has 1 aromatic heterocycles. The third-order valence-electron chi connectivity index (χ3n) is 5.36. The molecule has 1 N–H and O–H groups in total. The highest BCUT2D eigenvalue weighted by atomic mass is 16.5. The van der Waals surface area contributed by atoms with Crippen molar-refractivity contribution >= 4 is 17.6 Å². The molecule has 0 aliphatic carbocycles. The smallest absolute Gasteiger partial charge is 0.364 e. The molecule has 1 amide bonds. The second-order valence-electron chi connectivity index (χ2n) is 8.31. The normalized spacial score (nSPS) is 11.5. The number of amides is 1. The van der Waals surface area contributed by atoms with Gasteiger partial charge in [-0.15, -0.1) is 0 Å². The first kappa shape index (κ1) is 23.6. The van der Waals surface area contributed by atoms with Crippen molar-refractivity contribution in [3.63, 3.8) is 0 Å². The Morgan fingerprint density at radius 3 is 2.09 bits per heavy atom. The first-order chi connectivity index (χ1) is 16.8. The van der Waals surface area contributed by atoms with Crippen molar-refractivity contribution in [3.8, 4) is 5.69 Å². The van der Waals surface area contributed by atoms with Crippen LogP contribution in [0.4, 0.5) is 5.69 Å². The molecule has 1 heterocycles. The van der Waals surface area contributed by atoms with Gasteiger partial charge in [-0.25, -0.2) is 9.48 Å². The number of anilines is 1. The maximum absolute atomic E-state index is 13.2. The average Bonchev–Trinajstić information content (AvgIpc) is 2.83. The quantitative estimate of drug-likeness (QED) is 0.415. The van der Waals surface area contributed by atoms with Crippen LogP contribution >= 0.6 is 0 Å². The monoisotopic (exact) mass is 467 g/mol. The number of aryl methyl sites for hydroxylation is 3. The molecule has 7 heteroatoms. The molecule has 176 valence electrons. The number of para-hydroxylation sites is 1. The van der Waals surface area contributed by atoms with E-state index in [9.17, 15) is 14.4 Å². The summed E-state index contributed by atoms with van der Waals surface area (Å²) in [6.45, 7) is 5.58. The van der Waals surface area contributed by atoms with Crippen LogP contribution in [0.3, 0.4) is 0 Å². The Bertz CT molecular complexity index is 1410. The summed E-state index contributed by atoms with van der Waals surface area (Å²) in [6, 6.07) is 24.8. The standard InChI is InChI=1S/C28H25N3O4/c1-18-14-19(2)16-22(15-18)29-27(33)26(21-10-6-4-7-11-21)35-28(34)25-24(32)17-20(3)31(30-25)23-12-8-5-9-13-23/h4-17,26H,1-3H3,(H,29,33). The summed E-state index contributed by atoms with van der Waals surface area (Å²) in [5, 5.41) is 7.07. The van der Waals surface area contributed by atoms with E-state index in [0.717, 1.165) is 11.1 Å². The number of nitrogens with one attached hydrogen (secondary N) is 1. The summed E-state index contributed by atoms with van der Waals surface area (Å²) >= 11 is 0. The molecule has 1 unspecified atom stereocenters. The van der Waals surface area contributed by atoms with Gasteiger partial charge in [0.05, 0.1) is 5.69 Å². The second-order valence-corrected chi connectivity index (χ2v) is 8.31. The highest BCUT2D eigenvalue weighted by Crippen LogP contribution is 2.22. The van der Waals surface area contributed by atoms with Gasteiger partial charge in [0.1, 0.15) is 0 Å². The predicted octanol–water partition coefficient (Wildman–Crippen LogP) is 4.69. The van der Waals surface area contributed by atoms with Gasteiger partial charge in [-0.05, 0) is 56.2 Å². The number of aromatic nitrogens is 2. The Morgan fingerprint density at radius 1 is 0.857 bits per heavy atom. The number of ether oxygens (including phenoxy) is 1. The maximum Gasteiger partial charge on any atom is 0.364 e. The zero-order chi connectivity index (χ0) is 24.9. The second kappa shape index (κ2) is 10.2. The van der Waals surface area contributed by atoms with Crippen LogP contribution in [0.25, 0.3) is 5.69 Å². The number of hydrogen-bond donors (Lipinski definition) is 1. The van der Waals surface area contributed by atoms with Gasteiger partial charge in [0.2, 0.25) is 17.2 Å². The van der Waals surface area contributed by atoms with Crippen LogP contribution in [0.15, 0.2) is 89.7 Å². The number of carbonyl (C=O) groups excluding carboxylic acids is 2. The molecule has 3 aromatic carbocycles. The van der Waals surface area contributed by atoms with Crippen molar-refractivity contribution in [2.45, 2.75) is 26.9 Å². The Kier molecular flexibility index (Phi) is 6.87. The summed E-state index contributed by atoms with van der Waals surface area (Å²) in [4.78, 5) is 39.0.